The molecule has 5 nitrogen and oxygen atoms in total. The molecule has 0 aliphatic heterocycles. The maximum absolute atomic E-state index is 9.00. The van der Waals surface area contributed by atoms with Crippen LogP contribution in [-0.2, 0) is 36.9 Å². The SMILES string of the molecule is CC(=O)O.CC(=O)O.O.[Cd]. The summed E-state index contributed by atoms with van der Waals surface area (Å²) < 4.78 is 0. The smallest absolute Gasteiger partial charge is 0.300 e. The van der Waals surface area contributed by atoms with E-state index >= 15 is 0 Å². The van der Waals surface area contributed by atoms with Gasteiger partial charge in [-0.25, -0.2) is 0 Å². The zero-order valence-corrected chi connectivity index (χ0v) is 9.95. The van der Waals surface area contributed by atoms with Crippen LogP contribution in [0.15, 0.2) is 0 Å². The Bertz CT molecular complexity index is 71.6. The second-order valence-electron chi connectivity index (χ2n) is 1.04. The zero-order chi connectivity index (χ0) is 7.15. The van der Waals surface area contributed by atoms with Gasteiger partial charge in [0.25, 0.3) is 11.9 Å². The molecule has 0 atom stereocenters. The molecule has 6 heteroatoms. The molecular weight excluding hydrogens is 240 g/mol. The molecule has 0 radical (unpaired) electrons. The number of rotatable bonds is 0. The van der Waals surface area contributed by atoms with E-state index in [0.29, 0.717) is 0 Å². The number of hydrogen-bond acceptors (Lipinski definition) is 2. The summed E-state index contributed by atoms with van der Waals surface area (Å²) in [6.45, 7) is 2.17. The summed E-state index contributed by atoms with van der Waals surface area (Å²) in [5.41, 5.74) is 0. The van der Waals surface area contributed by atoms with Gasteiger partial charge in [0, 0.05) is 41.1 Å². The van der Waals surface area contributed by atoms with Crippen LogP contribution >= 0.6 is 0 Å². The van der Waals surface area contributed by atoms with Crippen molar-refractivity contribution in [2.45, 2.75) is 13.8 Å². The second-order valence-corrected chi connectivity index (χ2v) is 1.04. The molecule has 58 valence electrons. The molecule has 0 rings (SSSR count). The summed E-state index contributed by atoms with van der Waals surface area (Å²) >= 11 is 0. The predicted octanol–water partition coefficient (Wildman–Crippen LogP) is -0.645. The first-order valence-electron chi connectivity index (χ1n) is 1.86. The number of carboxylic acids is 2. The van der Waals surface area contributed by atoms with Gasteiger partial charge in [0.15, 0.2) is 0 Å². The van der Waals surface area contributed by atoms with E-state index in [1.54, 1.807) is 0 Å². The third-order valence-electron chi connectivity index (χ3n) is 0. The molecular formula is C4H10CdO5. The molecule has 0 heterocycles. The Labute approximate surface area is 78.5 Å². The van der Waals surface area contributed by atoms with Crippen molar-refractivity contribution in [3.63, 3.8) is 0 Å². The van der Waals surface area contributed by atoms with E-state index in [1.165, 1.54) is 0 Å². The molecule has 0 saturated carbocycles. The fraction of sp³-hybridized carbons (Fsp3) is 0.500. The Balaban J connectivity index is -0.0000000300. The van der Waals surface area contributed by atoms with Crippen LogP contribution in [-0.4, -0.2) is 27.6 Å². The third kappa shape index (κ3) is 11500. The van der Waals surface area contributed by atoms with E-state index < -0.39 is 11.9 Å². The Hall–Kier alpha value is -0.178. The molecule has 0 aromatic rings. The van der Waals surface area contributed by atoms with Gasteiger partial charge < -0.3 is 15.7 Å². The number of carbonyl (C=O) groups is 2. The quantitative estimate of drug-likeness (QED) is 0.557. The topological polar surface area (TPSA) is 106 Å². The van der Waals surface area contributed by atoms with E-state index in [9.17, 15) is 0 Å². The molecule has 10 heavy (non-hydrogen) atoms. The van der Waals surface area contributed by atoms with E-state index in [4.69, 9.17) is 19.8 Å². The van der Waals surface area contributed by atoms with Crippen LogP contribution in [0.4, 0.5) is 0 Å². The molecule has 0 bridgehead atoms. The van der Waals surface area contributed by atoms with Gasteiger partial charge in [0.1, 0.15) is 0 Å². The van der Waals surface area contributed by atoms with Gasteiger partial charge in [0.2, 0.25) is 0 Å². The summed E-state index contributed by atoms with van der Waals surface area (Å²) in [7, 11) is 0. The molecule has 0 aromatic heterocycles. The molecule has 0 aliphatic carbocycles. The maximum atomic E-state index is 9.00. The van der Waals surface area contributed by atoms with Crippen LogP contribution in [0.5, 0.6) is 0 Å². The predicted molar refractivity (Wildman–Crippen MR) is 30.2 cm³/mol. The summed E-state index contributed by atoms with van der Waals surface area (Å²) in [6.07, 6.45) is 0. The van der Waals surface area contributed by atoms with Gasteiger partial charge in [-0.05, 0) is 0 Å². The minimum Gasteiger partial charge on any atom is -0.481 e. The summed E-state index contributed by atoms with van der Waals surface area (Å²) in [6, 6.07) is 0. The van der Waals surface area contributed by atoms with Crippen LogP contribution in [0.3, 0.4) is 0 Å². The first-order chi connectivity index (χ1) is 3.46. The van der Waals surface area contributed by atoms with Crippen LogP contribution in [0.1, 0.15) is 13.8 Å². The zero-order valence-electron chi connectivity index (χ0n) is 5.92. The average molecular weight is 251 g/mol. The molecule has 0 aliphatic rings. The van der Waals surface area contributed by atoms with E-state index in [2.05, 4.69) is 0 Å². The molecule has 0 fully saturated rings. The van der Waals surface area contributed by atoms with Gasteiger partial charge in [-0.1, -0.05) is 0 Å². The Morgan fingerprint density at radius 3 is 1.00 bits per heavy atom. The second kappa shape index (κ2) is 15.9. The summed E-state index contributed by atoms with van der Waals surface area (Å²) in [5, 5.41) is 14.8. The molecule has 4 N–H and O–H groups in total. The summed E-state index contributed by atoms with van der Waals surface area (Å²) in [5.74, 6) is -1.67. The summed E-state index contributed by atoms with van der Waals surface area (Å²) in [4.78, 5) is 18.0. The van der Waals surface area contributed by atoms with E-state index in [-0.39, 0.29) is 32.8 Å². The van der Waals surface area contributed by atoms with Crippen molar-refractivity contribution in [2.75, 3.05) is 0 Å². The Morgan fingerprint density at radius 1 is 1.00 bits per heavy atom. The van der Waals surface area contributed by atoms with Crippen molar-refractivity contribution in [3.05, 3.63) is 0 Å². The molecule has 0 unspecified atom stereocenters. The first kappa shape index (κ1) is 22.6. The van der Waals surface area contributed by atoms with Crippen LogP contribution in [0.25, 0.3) is 0 Å². The van der Waals surface area contributed by atoms with Gasteiger partial charge in [-0.2, -0.15) is 0 Å². The minimum absolute atomic E-state index is 0. The van der Waals surface area contributed by atoms with Gasteiger partial charge in [-0.3, -0.25) is 9.59 Å². The molecule has 0 aromatic carbocycles. The normalized spacial score (nSPS) is 5.00. The standard InChI is InChI=1S/2C2H4O2.Cd.H2O/c2*1-2(3)4;;/h2*1H3,(H,3,4);;1H2. The maximum Gasteiger partial charge on any atom is 0.300 e. The van der Waals surface area contributed by atoms with Gasteiger partial charge in [0.05, 0.1) is 0 Å². The first-order valence-corrected chi connectivity index (χ1v) is 1.86. The van der Waals surface area contributed by atoms with Crippen LogP contribution in [0, 0.1) is 0 Å². The third-order valence-corrected chi connectivity index (χ3v) is 0. The monoisotopic (exact) mass is 252 g/mol. The van der Waals surface area contributed by atoms with Crippen molar-refractivity contribution in [3.8, 4) is 0 Å². The molecule has 0 amide bonds. The van der Waals surface area contributed by atoms with Crippen molar-refractivity contribution in [1.29, 1.82) is 0 Å². The van der Waals surface area contributed by atoms with Crippen molar-refractivity contribution >= 4 is 11.9 Å². The largest absolute Gasteiger partial charge is 0.481 e. The van der Waals surface area contributed by atoms with Crippen LogP contribution < -0.4 is 0 Å². The van der Waals surface area contributed by atoms with Crippen molar-refractivity contribution in [1.82, 2.24) is 0 Å². The van der Waals surface area contributed by atoms with Crippen LogP contribution in [0.2, 0.25) is 0 Å². The minimum atomic E-state index is -0.833. The fourth-order valence-corrected chi connectivity index (χ4v) is 0. The Kier molecular flexibility index (Phi) is 35.9. The van der Waals surface area contributed by atoms with Crippen molar-refractivity contribution < 1.29 is 52.6 Å². The fourth-order valence-electron chi connectivity index (χ4n) is 0. The number of aliphatic carboxylic acids is 2. The van der Waals surface area contributed by atoms with Gasteiger partial charge in [-0.15, -0.1) is 0 Å². The number of hydrogen-bond donors (Lipinski definition) is 2. The molecule has 0 saturated heterocycles. The van der Waals surface area contributed by atoms with Crippen molar-refractivity contribution in [2.24, 2.45) is 0 Å². The Morgan fingerprint density at radius 2 is 1.00 bits per heavy atom. The average Bonchev–Trinajstić information content (AvgIpc) is 1.25. The van der Waals surface area contributed by atoms with Gasteiger partial charge >= 0.3 is 0 Å². The number of carboxylic acid groups (broad SMARTS) is 2. The molecule has 0 spiro atoms. The van der Waals surface area contributed by atoms with E-state index in [0.717, 1.165) is 13.8 Å². The van der Waals surface area contributed by atoms with E-state index in [1.807, 2.05) is 0 Å².